The van der Waals surface area contributed by atoms with Gasteiger partial charge in [0.25, 0.3) is 0 Å². The summed E-state index contributed by atoms with van der Waals surface area (Å²) in [5.41, 5.74) is 0.510. The van der Waals surface area contributed by atoms with Crippen LogP contribution in [-0.4, -0.2) is 37.4 Å². The number of methoxy groups -OCH3 is 1. The van der Waals surface area contributed by atoms with Crippen molar-refractivity contribution in [3.05, 3.63) is 59.9 Å². The second-order valence-corrected chi connectivity index (χ2v) is 6.59. The number of hydrogen-bond acceptors (Lipinski definition) is 5. The number of fused-ring (bicyclic) bond motifs is 1. The topological polar surface area (TPSA) is 80.9 Å². The van der Waals surface area contributed by atoms with Gasteiger partial charge in [0.15, 0.2) is 0 Å². The highest BCUT2D eigenvalue weighted by atomic mass is 19.4. The van der Waals surface area contributed by atoms with E-state index >= 15 is 0 Å². The minimum atomic E-state index is -4.42. The molecule has 9 heteroatoms. The zero-order valence-electron chi connectivity index (χ0n) is 16.0. The number of amides is 1. The fourth-order valence-electron chi connectivity index (χ4n) is 2.79. The monoisotopic (exact) mass is 423 g/mol. The average Bonchev–Trinajstić information content (AvgIpc) is 3.12. The molecule has 2 N–H and O–H groups in total. The van der Waals surface area contributed by atoms with Crippen molar-refractivity contribution in [2.24, 2.45) is 0 Å². The van der Waals surface area contributed by atoms with E-state index in [1.807, 2.05) is 0 Å². The number of ether oxygens (including phenoxy) is 2. The number of alkyl halides is 3. The van der Waals surface area contributed by atoms with Gasteiger partial charge < -0.3 is 24.3 Å². The molecule has 0 bridgehead atoms. The molecule has 2 aromatic carbocycles. The molecular formula is C21H20F3NO5. The summed E-state index contributed by atoms with van der Waals surface area (Å²) in [4.78, 5) is 12.2. The Morgan fingerprint density at radius 1 is 1.17 bits per heavy atom. The van der Waals surface area contributed by atoms with E-state index in [4.69, 9.17) is 13.9 Å². The van der Waals surface area contributed by atoms with E-state index in [1.165, 1.54) is 18.4 Å². The van der Waals surface area contributed by atoms with Crippen LogP contribution < -0.4 is 14.8 Å². The molecule has 3 rings (SSSR count). The van der Waals surface area contributed by atoms with Crippen LogP contribution in [0.3, 0.4) is 0 Å². The Balaban J connectivity index is 1.45. The predicted molar refractivity (Wildman–Crippen MR) is 102 cm³/mol. The van der Waals surface area contributed by atoms with Gasteiger partial charge in [0.05, 0.1) is 25.4 Å². The number of carbonyl (C=O) groups is 1. The van der Waals surface area contributed by atoms with Gasteiger partial charge in [0.2, 0.25) is 5.91 Å². The van der Waals surface area contributed by atoms with Gasteiger partial charge in [-0.25, -0.2) is 0 Å². The molecular weight excluding hydrogens is 403 g/mol. The maximum atomic E-state index is 12.5. The standard InChI is InChI=1S/C21H20F3NO5/c1-28-17-6-7-18-13(11-30-19(18)9-17)8-20(27)25-10-15(26)12-29-16-4-2-14(3-5-16)21(22,23)24/h2-7,9,11,15,26H,8,10,12H2,1H3,(H,25,27). The van der Waals surface area contributed by atoms with E-state index in [9.17, 15) is 23.1 Å². The van der Waals surface area contributed by atoms with Crippen molar-refractivity contribution in [2.75, 3.05) is 20.3 Å². The van der Waals surface area contributed by atoms with Crippen LogP contribution >= 0.6 is 0 Å². The van der Waals surface area contributed by atoms with E-state index in [0.717, 1.165) is 17.5 Å². The van der Waals surface area contributed by atoms with Gasteiger partial charge in [-0.15, -0.1) is 0 Å². The Morgan fingerprint density at radius 3 is 2.53 bits per heavy atom. The molecule has 0 aliphatic heterocycles. The Hall–Kier alpha value is -3.20. The first-order chi connectivity index (χ1) is 14.3. The highest BCUT2D eigenvalue weighted by molar-refractivity contribution is 5.88. The number of hydrogen-bond donors (Lipinski definition) is 2. The molecule has 1 aromatic heterocycles. The average molecular weight is 423 g/mol. The second-order valence-electron chi connectivity index (χ2n) is 6.59. The summed E-state index contributed by atoms with van der Waals surface area (Å²) in [5, 5.41) is 13.3. The largest absolute Gasteiger partial charge is 0.497 e. The molecule has 30 heavy (non-hydrogen) atoms. The fourth-order valence-corrected chi connectivity index (χ4v) is 2.79. The number of benzene rings is 2. The smallest absolute Gasteiger partial charge is 0.416 e. The van der Waals surface area contributed by atoms with E-state index in [-0.39, 0.29) is 31.2 Å². The van der Waals surface area contributed by atoms with Crippen molar-refractivity contribution in [2.45, 2.75) is 18.7 Å². The zero-order valence-corrected chi connectivity index (χ0v) is 16.0. The van der Waals surface area contributed by atoms with Crippen molar-refractivity contribution in [1.29, 1.82) is 0 Å². The van der Waals surface area contributed by atoms with Crippen molar-refractivity contribution in [1.82, 2.24) is 5.32 Å². The van der Waals surface area contributed by atoms with Crippen LogP contribution in [0, 0.1) is 0 Å². The molecule has 0 fully saturated rings. The lowest BCUT2D eigenvalue weighted by Gasteiger charge is -2.14. The Bertz CT molecular complexity index is 998. The van der Waals surface area contributed by atoms with Crippen molar-refractivity contribution in [3.8, 4) is 11.5 Å². The van der Waals surface area contributed by atoms with Crippen molar-refractivity contribution < 1.29 is 37.0 Å². The van der Waals surface area contributed by atoms with Gasteiger partial charge in [-0.2, -0.15) is 13.2 Å². The molecule has 0 aliphatic rings. The summed E-state index contributed by atoms with van der Waals surface area (Å²) < 4.78 is 53.4. The molecule has 0 aliphatic carbocycles. The van der Waals surface area contributed by atoms with E-state index < -0.39 is 17.8 Å². The number of rotatable bonds is 8. The normalized spacial score (nSPS) is 12.6. The van der Waals surface area contributed by atoms with Gasteiger partial charge in [0.1, 0.15) is 29.8 Å². The third kappa shape index (κ3) is 5.44. The minimum absolute atomic E-state index is 0.0613. The molecule has 6 nitrogen and oxygen atoms in total. The lowest BCUT2D eigenvalue weighted by atomic mass is 10.1. The summed E-state index contributed by atoms with van der Waals surface area (Å²) in [6.45, 7) is -0.247. The molecule has 1 unspecified atom stereocenters. The first-order valence-corrected chi connectivity index (χ1v) is 9.05. The van der Waals surface area contributed by atoms with Crippen LogP contribution in [0.2, 0.25) is 0 Å². The van der Waals surface area contributed by atoms with Gasteiger partial charge in [-0.05, 0) is 36.4 Å². The fraction of sp³-hybridized carbons (Fsp3) is 0.286. The number of aliphatic hydroxyl groups is 1. The molecule has 0 saturated heterocycles. The van der Waals surface area contributed by atoms with E-state index in [1.54, 1.807) is 25.3 Å². The molecule has 1 amide bonds. The first-order valence-electron chi connectivity index (χ1n) is 9.05. The summed E-state index contributed by atoms with van der Waals surface area (Å²) >= 11 is 0. The van der Waals surface area contributed by atoms with Crippen molar-refractivity contribution >= 4 is 16.9 Å². The minimum Gasteiger partial charge on any atom is -0.497 e. The molecule has 0 spiro atoms. The summed E-state index contributed by atoms with van der Waals surface area (Å²) in [7, 11) is 1.55. The molecule has 0 radical (unpaired) electrons. The third-order valence-corrected chi connectivity index (χ3v) is 4.37. The Labute approximate surface area is 170 Å². The summed E-state index contributed by atoms with van der Waals surface area (Å²) in [6, 6.07) is 9.43. The number of nitrogens with one attached hydrogen (secondary N) is 1. The summed E-state index contributed by atoms with van der Waals surface area (Å²) in [6.07, 6.45) is -3.89. The summed E-state index contributed by atoms with van der Waals surface area (Å²) in [5.74, 6) is 0.514. The SMILES string of the molecule is COc1ccc2c(CC(=O)NCC(O)COc3ccc(C(F)(F)F)cc3)coc2c1. The zero-order chi connectivity index (χ0) is 21.7. The van der Waals surface area contributed by atoms with Crippen LogP contribution in [0.5, 0.6) is 11.5 Å². The number of furan rings is 1. The Morgan fingerprint density at radius 2 is 1.87 bits per heavy atom. The number of carbonyl (C=O) groups excluding carboxylic acids is 1. The lowest BCUT2D eigenvalue weighted by Crippen LogP contribution is -2.36. The number of halogens is 3. The van der Waals surface area contributed by atoms with Crippen molar-refractivity contribution in [3.63, 3.8) is 0 Å². The van der Waals surface area contributed by atoms with Crippen LogP contribution in [0.4, 0.5) is 13.2 Å². The van der Waals surface area contributed by atoms with Gasteiger partial charge in [-0.3, -0.25) is 4.79 Å². The quantitative estimate of drug-likeness (QED) is 0.579. The maximum Gasteiger partial charge on any atom is 0.416 e. The first kappa shape index (κ1) is 21.5. The van der Waals surface area contributed by atoms with Crippen LogP contribution in [0.1, 0.15) is 11.1 Å². The highest BCUT2D eigenvalue weighted by Gasteiger charge is 2.30. The number of aliphatic hydroxyl groups excluding tert-OH is 1. The predicted octanol–water partition coefficient (Wildman–Crippen LogP) is 3.56. The van der Waals surface area contributed by atoms with E-state index in [0.29, 0.717) is 16.9 Å². The maximum absolute atomic E-state index is 12.5. The Kier molecular flexibility index (Phi) is 6.51. The van der Waals surface area contributed by atoms with Gasteiger partial charge in [0, 0.05) is 23.6 Å². The van der Waals surface area contributed by atoms with Gasteiger partial charge in [-0.1, -0.05) is 0 Å². The van der Waals surface area contributed by atoms with Gasteiger partial charge >= 0.3 is 6.18 Å². The highest BCUT2D eigenvalue weighted by Crippen LogP contribution is 2.30. The third-order valence-electron chi connectivity index (χ3n) is 4.37. The van der Waals surface area contributed by atoms with Crippen LogP contribution in [0.15, 0.2) is 53.1 Å². The lowest BCUT2D eigenvalue weighted by molar-refractivity contribution is -0.137. The van der Waals surface area contributed by atoms with Crippen LogP contribution in [0.25, 0.3) is 11.0 Å². The molecule has 0 saturated carbocycles. The molecule has 160 valence electrons. The van der Waals surface area contributed by atoms with Crippen LogP contribution in [-0.2, 0) is 17.4 Å². The molecule has 1 atom stereocenters. The molecule has 3 aromatic rings. The van der Waals surface area contributed by atoms with E-state index in [2.05, 4.69) is 5.32 Å². The second kappa shape index (κ2) is 9.08. The molecule has 1 heterocycles.